The van der Waals surface area contributed by atoms with Gasteiger partial charge in [-0.2, -0.15) is 0 Å². The predicted molar refractivity (Wildman–Crippen MR) is 88.6 cm³/mol. The average Bonchev–Trinajstić information content (AvgIpc) is 2.63. The number of hydrogen-bond donors (Lipinski definition) is 1. The summed E-state index contributed by atoms with van der Waals surface area (Å²) in [4.78, 5) is 13.0. The third kappa shape index (κ3) is 3.97. The van der Waals surface area contributed by atoms with E-state index >= 15 is 0 Å². The molecule has 3 rings (SSSR count). The first-order valence-electron chi connectivity index (χ1n) is 7.82. The van der Waals surface area contributed by atoms with E-state index in [9.17, 15) is 5.11 Å². The summed E-state index contributed by atoms with van der Waals surface area (Å²) in [5, 5.41) is 10.4. The Kier molecular flexibility index (Phi) is 5.05. The number of nitrogens with zero attached hydrogens (tertiary/aromatic N) is 4. The van der Waals surface area contributed by atoms with Crippen molar-refractivity contribution in [3.05, 3.63) is 48.3 Å². The molecule has 23 heavy (non-hydrogen) atoms. The van der Waals surface area contributed by atoms with Crippen LogP contribution in [0.1, 0.15) is 11.7 Å². The van der Waals surface area contributed by atoms with Gasteiger partial charge in [0.25, 0.3) is 0 Å². The van der Waals surface area contributed by atoms with Crippen LogP contribution in [0, 0.1) is 0 Å². The lowest BCUT2D eigenvalue weighted by Crippen LogP contribution is -2.48. The zero-order valence-electron chi connectivity index (χ0n) is 13.3. The molecular weight excluding hydrogens is 292 g/mol. The lowest BCUT2D eigenvalue weighted by Gasteiger charge is -2.35. The smallest absolute Gasteiger partial charge is 0.225 e. The maximum atomic E-state index is 10.4. The highest BCUT2D eigenvalue weighted by Crippen LogP contribution is 2.19. The Morgan fingerprint density at radius 3 is 2.35 bits per heavy atom. The summed E-state index contributed by atoms with van der Waals surface area (Å²) in [6, 6.07) is 9.41. The first kappa shape index (κ1) is 15.7. The van der Waals surface area contributed by atoms with Gasteiger partial charge in [0.1, 0.15) is 5.75 Å². The van der Waals surface area contributed by atoms with E-state index in [0.717, 1.165) is 43.4 Å². The molecule has 1 aliphatic heterocycles. The van der Waals surface area contributed by atoms with E-state index < -0.39 is 6.10 Å². The Balaban J connectivity index is 1.51. The molecule has 0 radical (unpaired) electrons. The van der Waals surface area contributed by atoms with Gasteiger partial charge in [-0.1, -0.05) is 12.1 Å². The third-order valence-corrected chi connectivity index (χ3v) is 4.14. The van der Waals surface area contributed by atoms with Gasteiger partial charge in [0.15, 0.2) is 0 Å². The zero-order chi connectivity index (χ0) is 16.1. The number of methoxy groups -OCH3 is 1. The third-order valence-electron chi connectivity index (χ3n) is 4.14. The Hall–Kier alpha value is -2.18. The molecule has 1 aliphatic rings. The molecule has 1 aromatic carbocycles. The van der Waals surface area contributed by atoms with Crippen LogP contribution in [0.4, 0.5) is 5.95 Å². The second-order valence-electron chi connectivity index (χ2n) is 5.63. The van der Waals surface area contributed by atoms with Crippen LogP contribution in [0.3, 0.4) is 0 Å². The first-order chi connectivity index (χ1) is 11.3. The molecule has 6 heteroatoms. The SMILES string of the molecule is COc1ccc([C@@H](O)CN2CCN(c3ncccn3)CC2)cc1. The summed E-state index contributed by atoms with van der Waals surface area (Å²) in [6.45, 7) is 4.17. The maximum Gasteiger partial charge on any atom is 0.225 e. The minimum atomic E-state index is -0.486. The van der Waals surface area contributed by atoms with Crippen LogP contribution in [0.15, 0.2) is 42.7 Å². The lowest BCUT2D eigenvalue weighted by atomic mass is 10.1. The van der Waals surface area contributed by atoms with Crippen molar-refractivity contribution >= 4 is 5.95 Å². The van der Waals surface area contributed by atoms with Gasteiger partial charge in [0.05, 0.1) is 13.2 Å². The van der Waals surface area contributed by atoms with E-state index in [-0.39, 0.29) is 0 Å². The molecule has 1 saturated heterocycles. The quantitative estimate of drug-likeness (QED) is 0.899. The van der Waals surface area contributed by atoms with Crippen LogP contribution in [0.5, 0.6) is 5.75 Å². The highest BCUT2D eigenvalue weighted by Gasteiger charge is 2.21. The van der Waals surface area contributed by atoms with Crippen molar-refractivity contribution in [1.29, 1.82) is 0 Å². The monoisotopic (exact) mass is 314 g/mol. The fraction of sp³-hybridized carbons (Fsp3) is 0.412. The molecule has 0 bridgehead atoms. The summed E-state index contributed by atoms with van der Waals surface area (Å²) >= 11 is 0. The number of benzene rings is 1. The molecule has 0 aliphatic carbocycles. The minimum Gasteiger partial charge on any atom is -0.497 e. The molecule has 1 fully saturated rings. The predicted octanol–water partition coefficient (Wildman–Crippen LogP) is 1.34. The molecule has 1 N–H and O–H groups in total. The number of aliphatic hydroxyl groups is 1. The standard InChI is InChI=1S/C17H22N4O2/c1-23-15-5-3-14(4-6-15)16(22)13-20-9-11-21(12-10-20)17-18-7-2-8-19-17/h2-8,16,22H,9-13H2,1H3/t16-/m0/s1. The second kappa shape index (κ2) is 7.39. The van der Waals surface area contributed by atoms with E-state index in [1.54, 1.807) is 19.5 Å². The van der Waals surface area contributed by atoms with E-state index in [1.807, 2.05) is 30.3 Å². The molecule has 1 atom stereocenters. The van der Waals surface area contributed by atoms with Crippen molar-refractivity contribution < 1.29 is 9.84 Å². The van der Waals surface area contributed by atoms with Crippen LogP contribution in [-0.2, 0) is 0 Å². The normalized spacial score (nSPS) is 17.0. The summed E-state index contributed by atoms with van der Waals surface area (Å²) in [5.41, 5.74) is 0.916. The van der Waals surface area contributed by atoms with Gasteiger partial charge in [0.2, 0.25) is 5.95 Å². The Bertz CT molecular complexity index is 598. The molecule has 0 spiro atoms. The molecule has 0 saturated carbocycles. The second-order valence-corrected chi connectivity index (χ2v) is 5.63. The maximum absolute atomic E-state index is 10.4. The number of aromatic nitrogens is 2. The van der Waals surface area contributed by atoms with Gasteiger partial charge in [-0.15, -0.1) is 0 Å². The minimum absolute atomic E-state index is 0.486. The van der Waals surface area contributed by atoms with Gasteiger partial charge >= 0.3 is 0 Å². The number of β-amino-alcohol motifs (C(OH)–C–C–N with tert-alkyl or cyclic N) is 1. The largest absolute Gasteiger partial charge is 0.497 e. The first-order valence-corrected chi connectivity index (χ1v) is 7.82. The molecule has 0 amide bonds. The van der Waals surface area contributed by atoms with E-state index in [4.69, 9.17) is 4.74 Å². The van der Waals surface area contributed by atoms with Crippen LogP contribution in [0.25, 0.3) is 0 Å². The fourth-order valence-electron chi connectivity index (χ4n) is 2.76. The zero-order valence-corrected chi connectivity index (χ0v) is 13.3. The van der Waals surface area contributed by atoms with Crippen molar-refractivity contribution in [1.82, 2.24) is 14.9 Å². The topological polar surface area (TPSA) is 61.7 Å². The van der Waals surface area contributed by atoms with E-state index in [1.165, 1.54) is 0 Å². The number of anilines is 1. The number of hydrogen-bond acceptors (Lipinski definition) is 6. The molecule has 2 aromatic rings. The fourth-order valence-corrected chi connectivity index (χ4v) is 2.76. The van der Waals surface area contributed by atoms with Gasteiger partial charge in [-0.25, -0.2) is 9.97 Å². The van der Waals surface area contributed by atoms with Crippen molar-refractivity contribution in [2.45, 2.75) is 6.10 Å². The van der Waals surface area contributed by atoms with E-state index in [2.05, 4.69) is 19.8 Å². The van der Waals surface area contributed by atoms with E-state index in [0.29, 0.717) is 6.54 Å². The number of aliphatic hydroxyl groups excluding tert-OH is 1. The van der Waals surface area contributed by atoms with Crippen molar-refractivity contribution in [2.75, 3.05) is 44.7 Å². The van der Waals surface area contributed by atoms with Gasteiger partial charge < -0.3 is 14.7 Å². The summed E-state index contributed by atoms with van der Waals surface area (Å²) in [5.74, 6) is 1.58. The summed E-state index contributed by atoms with van der Waals surface area (Å²) < 4.78 is 5.14. The van der Waals surface area contributed by atoms with Crippen LogP contribution >= 0.6 is 0 Å². The van der Waals surface area contributed by atoms with Gasteiger partial charge in [-0.3, -0.25) is 4.90 Å². The van der Waals surface area contributed by atoms with Crippen molar-refractivity contribution in [3.63, 3.8) is 0 Å². The summed E-state index contributed by atoms with van der Waals surface area (Å²) in [7, 11) is 1.64. The van der Waals surface area contributed by atoms with Gasteiger partial charge in [0, 0.05) is 45.1 Å². The molecule has 6 nitrogen and oxygen atoms in total. The molecular formula is C17H22N4O2. The Morgan fingerprint density at radius 1 is 1.09 bits per heavy atom. The van der Waals surface area contributed by atoms with Gasteiger partial charge in [-0.05, 0) is 23.8 Å². The lowest BCUT2D eigenvalue weighted by molar-refractivity contribution is 0.109. The molecule has 2 heterocycles. The molecule has 122 valence electrons. The highest BCUT2D eigenvalue weighted by molar-refractivity contribution is 5.30. The van der Waals surface area contributed by atoms with Crippen LogP contribution in [0.2, 0.25) is 0 Å². The highest BCUT2D eigenvalue weighted by atomic mass is 16.5. The molecule has 0 unspecified atom stereocenters. The van der Waals surface area contributed by atoms with Crippen molar-refractivity contribution in [2.24, 2.45) is 0 Å². The van der Waals surface area contributed by atoms with Crippen LogP contribution in [-0.4, -0.2) is 59.8 Å². The number of rotatable bonds is 5. The van der Waals surface area contributed by atoms with Crippen molar-refractivity contribution in [3.8, 4) is 5.75 Å². The van der Waals surface area contributed by atoms with Crippen LogP contribution < -0.4 is 9.64 Å². The molecule has 1 aromatic heterocycles. The average molecular weight is 314 g/mol. The number of piperazine rings is 1. The Labute approximate surface area is 136 Å². The summed E-state index contributed by atoms with van der Waals surface area (Å²) in [6.07, 6.45) is 3.05. The number of ether oxygens (including phenoxy) is 1. The Morgan fingerprint density at radius 2 is 1.74 bits per heavy atom.